The number of nitrogens with zero attached hydrogens (tertiary/aromatic N) is 5. The van der Waals surface area contributed by atoms with E-state index in [0.29, 0.717) is 0 Å². The van der Waals surface area contributed by atoms with Crippen LogP contribution in [0.3, 0.4) is 0 Å². The molecule has 0 spiro atoms. The van der Waals surface area contributed by atoms with Gasteiger partial charge in [-0.05, 0) is 18.2 Å². The second-order valence-electron chi connectivity index (χ2n) is 4.26. The van der Waals surface area contributed by atoms with E-state index in [4.69, 9.17) is 5.11 Å². The minimum Gasteiger partial charge on any atom is -0.476 e. The van der Waals surface area contributed by atoms with Crippen LogP contribution in [0.15, 0.2) is 24.3 Å². The molecule has 7 heteroatoms. The smallest absolute Gasteiger partial charge is 0.356 e. The summed E-state index contributed by atoms with van der Waals surface area (Å²) in [6.07, 6.45) is 0. The molecule has 0 aliphatic carbocycles. The molecule has 0 bridgehead atoms. The number of benzene rings is 1. The Morgan fingerprint density at radius 3 is 2.68 bits per heavy atom. The quantitative estimate of drug-likeness (QED) is 0.742. The molecule has 0 fully saturated rings. The SMILES string of the molecule is Cn1nc(C(=O)O)cc1-c1ccc2c(c1)nnn2C. The van der Waals surface area contributed by atoms with Crippen molar-refractivity contribution in [3.05, 3.63) is 30.0 Å². The van der Waals surface area contributed by atoms with E-state index in [1.165, 1.54) is 0 Å². The third-order valence-corrected chi connectivity index (χ3v) is 3.01. The Morgan fingerprint density at radius 1 is 1.21 bits per heavy atom. The van der Waals surface area contributed by atoms with Crippen LogP contribution >= 0.6 is 0 Å². The third kappa shape index (κ3) is 1.75. The average molecular weight is 257 g/mol. The molecular formula is C12H11N5O2. The molecule has 2 heterocycles. The lowest BCUT2D eigenvalue weighted by atomic mass is 10.1. The highest BCUT2D eigenvalue weighted by Crippen LogP contribution is 2.23. The second-order valence-corrected chi connectivity index (χ2v) is 4.26. The second kappa shape index (κ2) is 3.91. The molecule has 1 N–H and O–H groups in total. The molecule has 1 aromatic carbocycles. The number of carboxylic acid groups (broad SMARTS) is 1. The van der Waals surface area contributed by atoms with E-state index >= 15 is 0 Å². The first-order chi connectivity index (χ1) is 9.06. The number of aryl methyl sites for hydroxylation is 2. The van der Waals surface area contributed by atoms with E-state index in [2.05, 4.69) is 15.4 Å². The fourth-order valence-electron chi connectivity index (χ4n) is 2.04. The fraction of sp³-hybridized carbons (Fsp3) is 0.167. The van der Waals surface area contributed by atoms with Crippen molar-refractivity contribution >= 4 is 17.0 Å². The van der Waals surface area contributed by atoms with Gasteiger partial charge in [0.25, 0.3) is 0 Å². The van der Waals surface area contributed by atoms with Gasteiger partial charge in [0.05, 0.1) is 11.2 Å². The van der Waals surface area contributed by atoms with E-state index < -0.39 is 5.97 Å². The summed E-state index contributed by atoms with van der Waals surface area (Å²) in [7, 11) is 3.53. The molecule has 0 saturated heterocycles. The van der Waals surface area contributed by atoms with E-state index in [1.807, 2.05) is 25.2 Å². The van der Waals surface area contributed by atoms with Crippen molar-refractivity contribution in [2.45, 2.75) is 0 Å². The first-order valence-electron chi connectivity index (χ1n) is 5.63. The van der Waals surface area contributed by atoms with Crippen LogP contribution < -0.4 is 0 Å². The maximum absolute atomic E-state index is 10.9. The Bertz CT molecular complexity index is 787. The number of carbonyl (C=O) groups is 1. The molecule has 3 aromatic rings. The summed E-state index contributed by atoms with van der Waals surface area (Å²) in [6.45, 7) is 0. The standard InChI is InChI=1S/C12H11N5O2/c1-16-11(6-9(14-16)12(18)19)7-3-4-10-8(5-7)13-15-17(10)2/h3-6H,1-2H3,(H,18,19). The Hall–Kier alpha value is -2.70. The summed E-state index contributed by atoms with van der Waals surface area (Å²) in [5, 5.41) is 20.9. The van der Waals surface area contributed by atoms with E-state index in [1.54, 1.807) is 22.5 Å². The number of fused-ring (bicyclic) bond motifs is 1. The number of aromatic nitrogens is 5. The third-order valence-electron chi connectivity index (χ3n) is 3.01. The lowest BCUT2D eigenvalue weighted by molar-refractivity contribution is 0.0689. The van der Waals surface area contributed by atoms with Crippen LogP contribution in [-0.4, -0.2) is 35.9 Å². The molecule has 2 aromatic heterocycles. The van der Waals surface area contributed by atoms with Crippen molar-refractivity contribution in [1.82, 2.24) is 24.8 Å². The summed E-state index contributed by atoms with van der Waals surface area (Å²) in [4.78, 5) is 10.9. The van der Waals surface area contributed by atoms with Gasteiger partial charge in [-0.25, -0.2) is 9.48 Å². The van der Waals surface area contributed by atoms with Gasteiger partial charge in [0, 0.05) is 19.7 Å². The predicted octanol–water partition coefficient (Wildman–Crippen LogP) is 1.07. The van der Waals surface area contributed by atoms with Crippen molar-refractivity contribution in [2.24, 2.45) is 14.1 Å². The summed E-state index contributed by atoms with van der Waals surface area (Å²) in [5.41, 5.74) is 3.29. The van der Waals surface area contributed by atoms with Crippen LogP contribution in [-0.2, 0) is 14.1 Å². The number of hydrogen-bond acceptors (Lipinski definition) is 4. The van der Waals surface area contributed by atoms with Gasteiger partial charge in [0.2, 0.25) is 0 Å². The molecule has 0 aliphatic rings. The van der Waals surface area contributed by atoms with Crippen LogP contribution in [0.4, 0.5) is 0 Å². The molecule has 0 atom stereocenters. The van der Waals surface area contributed by atoms with Gasteiger partial charge in [0.15, 0.2) is 5.69 Å². The number of hydrogen-bond donors (Lipinski definition) is 1. The average Bonchev–Trinajstić information content (AvgIpc) is 2.93. The Balaban J connectivity index is 2.15. The van der Waals surface area contributed by atoms with Gasteiger partial charge < -0.3 is 5.11 Å². The zero-order valence-corrected chi connectivity index (χ0v) is 10.4. The molecule has 3 rings (SSSR count). The Kier molecular flexibility index (Phi) is 2.34. The van der Waals surface area contributed by atoms with Crippen LogP contribution in [0.25, 0.3) is 22.3 Å². The monoisotopic (exact) mass is 257 g/mol. The first-order valence-corrected chi connectivity index (χ1v) is 5.63. The van der Waals surface area contributed by atoms with Crippen molar-refractivity contribution in [3.8, 4) is 11.3 Å². The molecular weight excluding hydrogens is 246 g/mol. The minimum absolute atomic E-state index is 0.0248. The number of aromatic carboxylic acids is 1. The number of carboxylic acids is 1. The molecule has 96 valence electrons. The summed E-state index contributed by atoms with van der Waals surface area (Å²) in [6, 6.07) is 7.21. The highest BCUT2D eigenvalue weighted by atomic mass is 16.4. The van der Waals surface area contributed by atoms with E-state index in [0.717, 1.165) is 22.3 Å². The van der Waals surface area contributed by atoms with E-state index in [-0.39, 0.29) is 5.69 Å². The highest BCUT2D eigenvalue weighted by Gasteiger charge is 2.13. The lowest BCUT2D eigenvalue weighted by Gasteiger charge is -2.01. The van der Waals surface area contributed by atoms with Crippen molar-refractivity contribution < 1.29 is 9.90 Å². The van der Waals surface area contributed by atoms with Crippen molar-refractivity contribution in [1.29, 1.82) is 0 Å². The minimum atomic E-state index is -1.04. The van der Waals surface area contributed by atoms with Crippen LogP contribution in [0.1, 0.15) is 10.5 Å². The molecule has 0 radical (unpaired) electrons. The van der Waals surface area contributed by atoms with Gasteiger partial charge >= 0.3 is 5.97 Å². The predicted molar refractivity (Wildman–Crippen MR) is 67.7 cm³/mol. The maximum atomic E-state index is 10.9. The van der Waals surface area contributed by atoms with Crippen LogP contribution in [0, 0.1) is 0 Å². The van der Waals surface area contributed by atoms with Gasteiger partial charge in [-0.2, -0.15) is 5.10 Å². The molecule has 0 saturated carbocycles. The zero-order chi connectivity index (χ0) is 13.6. The number of rotatable bonds is 2. The fourth-order valence-corrected chi connectivity index (χ4v) is 2.04. The molecule has 0 amide bonds. The highest BCUT2D eigenvalue weighted by molar-refractivity contribution is 5.88. The normalized spacial score (nSPS) is 11.1. The van der Waals surface area contributed by atoms with Crippen molar-refractivity contribution in [3.63, 3.8) is 0 Å². The van der Waals surface area contributed by atoms with Crippen LogP contribution in [0.2, 0.25) is 0 Å². The molecule has 0 aliphatic heterocycles. The van der Waals surface area contributed by atoms with Gasteiger partial charge in [0.1, 0.15) is 5.52 Å². The molecule has 0 unspecified atom stereocenters. The zero-order valence-electron chi connectivity index (χ0n) is 10.4. The largest absolute Gasteiger partial charge is 0.476 e. The Morgan fingerprint density at radius 2 is 2.00 bits per heavy atom. The van der Waals surface area contributed by atoms with Crippen LogP contribution in [0.5, 0.6) is 0 Å². The summed E-state index contributed by atoms with van der Waals surface area (Å²) in [5.74, 6) is -1.04. The molecule has 19 heavy (non-hydrogen) atoms. The summed E-state index contributed by atoms with van der Waals surface area (Å²) < 4.78 is 3.23. The first kappa shape index (κ1) is 11.4. The van der Waals surface area contributed by atoms with Gasteiger partial charge in [-0.15, -0.1) is 5.10 Å². The topological polar surface area (TPSA) is 85.8 Å². The van der Waals surface area contributed by atoms with Crippen molar-refractivity contribution in [2.75, 3.05) is 0 Å². The van der Waals surface area contributed by atoms with Gasteiger partial charge in [-0.1, -0.05) is 11.3 Å². The Labute approximate surface area is 108 Å². The van der Waals surface area contributed by atoms with E-state index in [9.17, 15) is 4.79 Å². The molecule has 7 nitrogen and oxygen atoms in total. The van der Waals surface area contributed by atoms with Gasteiger partial charge in [-0.3, -0.25) is 4.68 Å². The maximum Gasteiger partial charge on any atom is 0.356 e. The lowest BCUT2D eigenvalue weighted by Crippen LogP contribution is -1.99. The summed E-state index contributed by atoms with van der Waals surface area (Å²) >= 11 is 0.